The van der Waals surface area contributed by atoms with Crippen LogP contribution in [0, 0.1) is 0 Å². The molecule has 0 atom stereocenters. The van der Waals surface area contributed by atoms with Crippen LogP contribution in [0.15, 0.2) is 54.6 Å². The Labute approximate surface area is 120 Å². The van der Waals surface area contributed by atoms with E-state index < -0.39 is 11.8 Å². The zero-order chi connectivity index (χ0) is 14.6. The molecule has 1 aromatic rings. The minimum atomic E-state index is -0.813. The van der Waals surface area contributed by atoms with E-state index >= 15 is 0 Å². The van der Waals surface area contributed by atoms with Gasteiger partial charge < -0.3 is 4.74 Å². The molecule has 3 nitrogen and oxygen atoms in total. The minimum Gasteiger partial charge on any atom is -0.455 e. The van der Waals surface area contributed by atoms with Crippen LogP contribution in [0.25, 0.3) is 0 Å². The lowest BCUT2D eigenvalue weighted by molar-refractivity contribution is -0.136. The molecule has 0 aliphatic rings. The highest BCUT2D eigenvalue weighted by Gasteiger charge is 2.16. The number of carbonyl (C=O) groups excluding carboxylic acids is 2. The fourth-order valence-corrected chi connectivity index (χ4v) is 1.56. The van der Waals surface area contributed by atoms with Crippen molar-refractivity contribution >= 4 is 11.8 Å². The molecule has 1 aromatic carbocycles. The van der Waals surface area contributed by atoms with Crippen LogP contribution in [0.4, 0.5) is 0 Å². The van der Waals surface area contributed by atoms with Crippen LogP contribution in [0.3, 0.4) is 0 Å². The van der Waals surface area contributed by atoms with Gasteiger partial charge in [-0.15, -0.1) is 0 Å². The van der Waals surface area contributed by atoms with E-state index in [1.54, 1.807) is 36.4 Å². The highest BCUT2D eigenvalue weighted by Crippen LogP contribution is 2.01. The molecular formula is C17H20O3. The molecule has 0 saturated carbocycles. The Bertz CT molecular complexity index is 472. The largest absolute Gasteiger partial charge is 0.455 e. The number of hydrogen-bond acceptors (Lipinski definition) is 3. The van der Waals surface area contributed by atoms with Crippen LogP contribution < -0.4 is 0 Å². The summed E-state index contributed by atoms with van der Waals surface area (Å²) >= 11 is 0. The molecule has 3 heteroatoms. The van der Waals surface area contributed by atoms with Gasteiger partial charge in [-0.25, -0.2) is 4.79 Å². The van der Waals surface area contributed by atoms with Crippen LogP contribution in [-0.2, 0) is 9.53 Å². The van der Waals surface area contributed by atoms with Crippen LogP contribution in [-0.4, -0.2) is 18.4 Å². The number of benzene rings is 1. The van der Waals surface area contributed by atoms with E-state index in [1.807, 2.05) is 6.08 Å². The lowest BCUT2D eigenvalue weighted by atomic mass is 10.1. The number of ether oxygens (including phenoxy) is 1. The topological polar surface area (TPSA) is 43.4 Å². The highest BCUT2D eigenvalue weighted by molar-refractivity contribution is 6.40. The van der Waals surface area contributed by atoms with Crippen molar-refractivity contribution < 1.29 is 14.3 Å². The number of hydrogen-bond donors (Lipinski definition) is 0. The molecule has 0 unspecified atom stereocenters. The zero-order valence-corrected chi connectivity index (χ0v) is 11.7. The van der Waals surface area contributed by atoms with Gasteiger partial charge in [0.05, 0.1) is 0 Å². The maximum atomic E-state index is 11.7. The predicted molar refractivity (Wildman–Crippen MR) is 79.5 cm³/mol. The molecule has 20 heavy (non-hydrogen) atoms. The third kappa shape index (κ3) is 6.14. The molecule has 0 bridgehead atoms. The molecule has 0 fully saturated rings. The second-order valence-corrected chi connectivity index (χ2v) is 4.22. The minimum absolute atomic E-state index is 0.134. The summed E-state index contributed by atoms with van der Waals surface area (Å²) in [5.41, 5.74) is 0.353. The summed E-state index contributed by atoms with van der Waals surface area (Å²) in [7, 11) is 0. The Morgan fingerprint density at radius 2 is 1.65 bits per heavy atom. The number of allylic oxidation sites excluding steroid dienone is 3. The SMILES string of the molecule is CC/C=C/CC/C=C/COC(=O)C(=O)c1ccccc1. The maximum Gasteiger partial charge on any atom is 0.379 e. The van der Waals surface area contributed by atoms with Crippen molar-refractivity contribution in [2.45, 2.75) is 26.2 Å². The van der Waals surface area contributed by atoms with Crippen molar-refractivity contribution in [1.82, 2.24) is 0 Å². The Morgan fingerprint density at radius 3 is 2.30 bits per heavy atom. The van der Waals surface area contributed by atoms with E-state index in [2.05, 4.69) is 19.1 Å². The number of unbranched alkanes of at least 4 members (excludes halogenated alkanes) is 1. The fourth-order valence-electron chi connectivity index (χ4n) is 1.56. The molecule has 0 aromatic heterocycles. The first-order valence-corrected chi connectivity index (χ1v) is 6.82. The van der Waals surface area contributed by atoms with E-state index in [4.69, 9.17) is 4.74 Å². The van der Waals surface area contributed by atoms with E-state index in [-0.39, 0.29) is 6.61 Å². The van der Waals surface area contributed by atoms with Gasteiger partial charge in [0.25, 0.3) is 5.78 Å². The van der Waals surface area contributed by atoms with Gasteiger partial charge in [-0.1, -0.05) is 61.6 Å². The van der Waals surface area contributed by atoms with Crippen molar-refractivity contribution in [3.63, 3.8) is 0 Å². The molecule has 0 amide bonds. The summed E-state index contributed by atoms with van der Waals surface area (Å²) in [6, 6.07) is 8.41. The number of esters is 1. The van der Waals surface area contributed by atoms with Crippen molar-refractivity contribution in [2.24, 2.45) is 0 Å². The fraction of sp³-hybridized carbons (Fsp3) is 0.294. The first-order chi connectivity index (χ1) is 9.75. The quantitative estimate of drug-likeness (QED) is 0.238. The molecule has 0 spiro atoms. The van der Waals surface area contributed by atoms with Gasteiger partial charge in [0, 0.05) is 5.56 Å². The van der Waals surface area contributed by atoms with E-state index in [9.17, 15) is 9.59 Å². The van der Waals surface area contributed by atoms with Crippen LogP contribution in [0.1, 0.15) is 36.5 Å². The molecule has 0 aliphatic heterocycles. The predicted octanol–water partition coefficient (Wildman–Crippen LogP) is 3.72. The van der Waals surface area contributed by atoms with E-state index in [1.165, 1.54) is 0 Å². The number of ketones is 1. The van der Waals surface area contributed by atoms with Gasteiger partial charge in [0.1, 0.15) is 6.61 Å². The Kier molecular flexibility index (Phi) is 7.73. The first-order valence-electron chi connectivity index (χ1n) is 6.82. The standard InChI is InChI=1S/C17H20O3/c1-2-3-4-5-6-7-11-14-20-17(19)16(18)15-12-9-8-10-13-15/h3-4,7-13H,2,5-6,14H2,1H3/b4-3+,11-7+. The van der Waals surface area contributed by atoms with E-state index in [0.29, 0.717) is 5.56 Å². The third-order valence-corrected chi connectivity index (χ3v) is 2.60. The first kappa shape index (κ1) is 15.9. The van der Waals surface area contributed by atoms with Gasteiger partial charge in [0.2, 0.25) is 0 Å². The molecule has 0 N–H and O–H groups in total. The summed E-state index contributed by atoms with van der Waals surface area (Å²) < 4.78 is 4.89. The average molecular weight is 272 g/mol. The lowest BCUT2D eigenvalue weighted by Crippen LogP contribution is -2.17. The van der Waals surface area contributed by atoms with Gasteiger partial charge in [-0.05, 0) is 19.3 Å². The Balaban J connectivity index is 2.25. The maximum absolute atomic E-state index is 11.7. The molecule has 106 valence electrons. The molecule has 0 aliphatic carbocycles. The molecule has 1 rings (SSSR count). The number of rotatable bonds is 8. The molecule has 0 saturated heterocycles. The second kappa shape index (κ2) is 9.73. The Morgan fingerprint density at radius 1 is 1.00 bits per heavy atom. The third-order valence-electron chi connectivity index (χ3n) is 2.60. The van der Waals surface area contributed by atoms with Gasteiger partial charge in [-0.3, -0.25) is 4.79 Å². The van der Waals surface area contributed by atoms with Crippen LogP contribution in [0.5, 0.6) is 0 Å². The monoisotopic (exact) mass is 272 g/mol. The molecule has 0 radical (unpaired) electrons. The van der Waals surface area contributed by atoms with Crippen molar-refractivity contribution in [2.75, 3.05) is 6.61 Å². The lowest BCUT2D eigenvalue weighted by Gasteiger charge is -2.00. The number of Topliss-reactive ketones (excluding diaryl/α,β-unsaturated/α-hetero) is 1. The molecule has 0 heterocycles. The number of carbonyl (C=O) groups is 2. The van der Waals surface area contributed by atoms with Gasteiger partial charge in [-0.2, -0.15) is 0 Å². The summed E-state index contributed by atoms with van der Waals surface area (Å²) in [4.78, 5) is 23.2. The van der Waals surface area contributed by atoms with Gasteiger partial charge in [0.15, 0.2) is 0 Å². The van der Waals surface area contributed by atoms with E-state index in [0.717, 1.165) is 19.3 Å². The summed E-state index contributed by atoms with van der Waals surface area (Å²) in [6.45, 7) is 2.23. The van der Waals surface area contributed by atoms with Crippen molar-refractivity contribution in [3.8, 4) is 0 Å². The smallest absolute Gasteiger partial charge is 0.379 e. The normalized spacial score (nSPS) is 11.1. The van der Waals surface area contributed by atoms with Crippen LogP contribution >= 0.6 is 0 Å². The molecular weight excluding hydrogens is 252 g/mol. The van der Waals surface area contributed by atoms with Crippen molar-refractivity contribution in [3.05, 3.63) is 60.2 Å². The summed E-state index contributed by atoms with van der Waals surface area (Å²) in [6.07, 6.45) is 10.9. The average Bonchev–Trinajstić information content (AvgIpc) is 2.50. The van der Waals surface area contributed by atoms with Gasteiger partial charge >= 0.3 is 5.97 Å². The van der Waals surface area contributed by atoms with Crippen molar-refractivity contribution in [1.29, 1.82) is 0 Å². The Hall–Kier alpha value is -2.16. The second-order valence-electron chi connectivity index (χ2n) is 4.22. The zero-order valence-electron chi connectivity index (χ0n) is 11.7. The summed E-state index contributed by atoms with van der Waals surface area (Å²) in [5.74, 6) is -1.42. The highest BCUT2D eigenvalue weighted by atomic mass is 16.5. The van der Waals surface area contributed by atoms with Crippen LogP contribution in [0.2, 0.25) is 0 Å². The summed E-state index contributed by atoms with van der Waals surface area (Å²) in [5, 5.41) is 0.